The molecule has 0 aromatic rings. The molecule has 1 spiro atoms. The van der Waals surface area contributed by atoms with Gasteiger partial charge in [-0.25, -0.2) is 19.2 Å². The molecule has 0 amide bonds. The summed E-state index contributed by atoms with van der Waals surface area (Å²) < 4.78 is 28.1. The Morgan fingerprint density at radius 3 is 2.39 bits per heavy atom. The number of ketones is 1. The summed E-state index contributed by atoms with van der Waals surface area (Å²) >= 11 is 0. The van der Waals surface area contributed by atoms with E-state index in [4.69, 9.17) is 23.7 Å². The van der Waals surface area contributed by atoms with Gasteiger partial charge in [0.15, 0.2) is 11.9 Å². The minimum Gasteiger partial charge on any atom is -0.466 e. The Hall–Kier alpha value is -4.14. The number of aliphatic hydroxyl groups excluding tert-OH is 2. The maximum Gasteiger partial charge on any atom is 0.338 e. The van der Waals surface area contributed by atoms with Crippen molar-refractivity contribution in [3.05, 3.63) is 45.1 Å². The van der Waals surface area contributed by atoms with E-state index in [1.807, 2.05) is 6.92 Å². The molecule has 0 saturated heterocycles. The summed E-state index contributed by atoms with van der Waals surface area (Å²) in [6.07, 6.45) is -0.902. The maximum absolute atomic E-state index is 14.6. The molecule has 14 heteroatoms. The summed E-state index contributed by atoms with van der Waals surface area (Å²) in [5, 5.41) is 35.0. The third-order valence-corrected chi connectivity index (χ3v) is 15.3. The normalized spacial score (nSPS) is 47.1. The first-order valence-corrected chi connectivity index (χ1v) is 18.7. The number of cyclic esters (lactones) is 3. The van der Waals surface area contributed by atoms with Crippen LogP contribution in [0.3, 0.4) is 0 Å². The summed E-state index contributed by atoms with van der Waals surface area (Å²) in [6, 6.07) is 0. The number of fused-ring (bicyclic) bond motifs is 7. The molecule has 0 aromatic heterocycles. The zero-order valence-electron chi connectivity index (χ0n) is 30.8. The number of Topliss-reactive ketones (excluding diaryl/α,β-unsaturated/α-hetero) is 1. The highest BCUT2D eigenvalue weighted by Crippen LogP contribution is 2.83. The third kappa shape index (κ3) is 4.22. The molecule has 2 aliphatic heterocycles. The topological polar surface area (TPSA) is 209 Å². The van der Waals surface area contributed by atoms with Gasteiger partial charge in [0.1, 0.15) is 37.1 Å². The van der Waals surface area contributed by atoms with Gasteiger partial charge in [-0.3, -0.25) is 9.59 Å². The number of rotatable bonds is 1. The van der Waals surface area contributed by atoms with Crippen LogP contribution in [0.25, 0.3) is 0 Å². The molecule has 5 fully saturated rings. The molecule has 3 N–H and O–H groups in total. The van der Waals surface area contributed by atoms with Gasteiger partial charge in [-0.2, -0.15) is 0 Å². The minimum atomic E-state index is -1.89. The highest BCUT2D eigenvalue weighted by molar-refractivity contribution is 6.09. The van der Waals surface area contributed by atoms with Crippen molar-refractivity contribution in [2.75, 3.05) is 26.9 Å². The molecule has 288 valence electrons. The number of ether oxygens (including phenoxy) is 5. The Labute approximate surface area is 310 Å². The molecule has 9 rings (SSSR count). The van der Waals surface area contributed by atoms with Crippen LogP contribution >= 0.6 is 0 Å². The second-order valence-electron chi connectivity index (χ2n) is 17.3. The molecule has 5 saturated carbocycles. The fourth-order valence-corrected chi connectivity index (χ4v) is 12.7. The van der Waals surface area contributed by atoms with Crippen molar-refractivity contribution in [3.63, 3.8) is 0 Å². The number of aliphatic hydroxyl groups is 3. The van der Waals surface area contributed by atoms with Crippen molar-refractivity contribution in [3.8, 4) is 0 Å². The summed E-state index contributed by atoms with van der Waals surface area (Å²) in [7, 11) is 1.20. The average molecular weight is 749 g/mol. The first kappa shape index (κ1) is 35.6. The lowest BCUT2D eigenvalue weighted by Gasteiger charge is -2.63. The van der Waals surface area contributed by atoms with Crippen LogP contribution in [0.5, 0.6) is 0 Å². The van der Waals surface area contributed by atoms with Crippen LogP contribution in [0.15, 0.2) is 45.1 Å². The van der Waals surface area contributed by atoms with Gasteiger partial charge in [0.25, 0.3) is 0 Å². The van der Waals surface area contributed by atoms with Crippen LogP contribution in [0.2, 0.25) is 0 Å². The fraction of sp³-hybridized carbons (Fsp3) is 0.650. The van der Waals surface area contributed by atoms with Crippen molar-refractivity contribution in [2.24, 2.45) is 52.3 Å². The second kappa shape index (κ2) is 11.2. The Morgan fingerprint density at radius 1 is 0.926 bits per heavy atom. The van der Waals surface area contributed by atoms with Crippen molar-refractivity contribution < 1.29 is 67.8 Å². The van der Waals surface area contributed by atoms with Crippen LogP contribution in [0.4, 0.5) is 0 Å². The smallest absolute Gasteiger partial charge is 0.338 e. The summed E-state index contributed by atoms with van der Waals surface area (Å²) in [5.74, 6) is -7.40. The van der Waals surface area contributed by atoms with E-state index in [2.05, 4.69) is 6.92 Å². The van der Waals surface area contributed by atoms with E-state index in [1.54, 1.807) is 0 Å². The number of allylic oxidation sites excluding steroid dienone is 1. The Bertz CT molecular complexity index is 2000. The van der Waals surface area contributed by atoms with E-state index >= 15 is 0 Å². The first-order valence-electron chi connectivity index (χ1n) is 18.7. The van der Waals surface area contributed by atoms with Crippen molar-refractivity contribution in [1.29, 1.82) is 0 Å². The molecule has 0 unspecified atom stereocenters. The molecule has 9 aliphatic rings. The summed E-state index contributed by atoms with van der Waals surface area (Å²) in [6.45, 7) is 5.59. The van der Waals surface area contributed by atoms with E-state index in [0.717, 1.165) is 17.6 Å². The highest BCUT2D eigenvalue weighted by Gasteiger charge is 2.84. The largest absolute Gasteiger partial charge is 0.466 e. The van der Waals surface area contributed by atoms with Gasteiger partial charge in [0, 0.05) is 34.0 Å². The molecule has 0 aromatic carbocycles. The maximum atomic E-state index is 14.6. The van der Waals surface area contributed by atoms with Crippen LogP contribution in [-0.2, 0) is 52.5 Å². The molecule has 2 bridgehead atoms. The zero-order valence-corrected chi connectivity index (χ0v) is 30.8. The molecule has 7 aliphatic carbocycles. The quantitative estimate of drug-likeness (QED) is 0.150. The van der Waals surface area contributed by atoms with E-state index in [-0.39, 0.29) is 65.6 Å². The van der Waals surface area contributed by atoms with Gasteiger partial charge in [-0.05, 0) is 85.8 Å². The van der Waals surface area contributed by atoms with Crippen LogP contribution in [-0.4, -0.2) is 101 Å². The highest BCUT2D eigenvalue weighted by atomic mass is 16.6. The van der Waals surface area contributed by atoms with Crippen LogP contribution in [0.1, 0.15) is 59.8 Å². The zero-order chi connectivity index (χ0) is 38.6. The summed E-state index contributed by atoms with van der Waals surface area (Å²) in [5.41, 5.74) is -2.41. The fourth-order valence-electron chi connectivity index (χ4n) is 12.7. The number of carbonyl (C=O) groups is 6. The second-order valence-corrected chi connectivity index (χ2v) is 17.3. The van der Waals surface area contributed by atoms with Crippen molar-refractivity contribution in [2.45, 2.75) is 83.2 Å². The van der Waals surface area contributed by atoms with Gasteiger partial charge in [-0.15, -0.1) is 0 Å². The van der Waals surface area contributed by atoms with E-state index < -0.39 is 101 Å². The third-order valence-electron chi connectivity index (χ3n) is 15.3. The number of hydrogen-bond donors (Lipinski definition) is 3. The number of carbonyl (C=O) groups excluding carboxylic acids is 6. The average Bonchev–Trinajstić information content (AvgIpc) is 4.05. The van der Waals surface area contributed by atoms with Gasteiger partial charge in [0.2, 0.25) is 0 Å². The molecule has 54 heavy (non-hydrogen) atoms. The Morgan fingerprint density at radius 2 is 1.67 bits per heavy atom. The minimum absolute atomic E-state index is 0.00479. The molecule has 14 nitrogen and oxygen atoms in total. The Balaban J connectivity index is 1.26. The van der Waals surface area contributed by atoms with Crippen LogP contribution in [0, 0.1) is 52.3 Å². The van der Waals surface area contributed by atoms with Gasteiger partial charge >= 0.3 is 29.8 Å². The van der Waals surface area contributed by atoms with Gasteiger partial charge in [-0.1, -0.05) is 19.4 Å². The predicted octanol–water partition coefficient (Wildman–Crippen LogP) is 1.35. The SMILES string of the molecule is COC(=O)C(C)=C1C(=O)[C@H](O)[C@]2(C)C3=C(C[C@@H]4[C@]5(OC(=O)C6=C5C[C@H]5[C@](O)(COC(=O)C(C)=CCOC(=O)[C@H](O)CC(=O)OC6)[C@H]6C[C@H]6[C@]45C)[C@@H]13)[C@H]1C[C@H]12. The lowest BCUT2D eigenvalue weighted by molar-refractivity contribution is -0.191. The van der Waals surface area contributed by atoms with E-state index in [1.165, 1.54) is 27.0 Å². The lowest BCUT2D eigenvalue weighted by atomic mass is 9.42. The lowest BCUT2D eigenvalue weighted by Crippen LogP contribution is -2.67. The monoisotopic (exact) mass is 748 g/mol. The predicted molar refractivity (Wildman–Crippen MR) is 180 cm³/mol. The molecule has 13 atom stereocenters. The Kier molecular flexibility index (Phi) is 7.39. The molecular weight excluding hydrogens is 704 g/mol. The van der Waals surface area contributed by atoms with Gasteiger partial charge in [0.05, 0.1) is 25.0 Å². The van der Waals surface area contributed by atoms with Crippen LogP contribution < -0.4 is 0 Å². The first-order chi connectivity index (χ1) is 25.5. The number of methoxy groups -OCH3 is 1. The molecule has 2 heterocycles. The number of hydrogen-bond acceptors (Lipinski definition) is 14. The van der Waals surface area contributed by atoms with Crippen molar-refractivity contribution in [1.82, 2.24) is 0 Å². The number of esters is 5. The van der Waals surface area contributed by atoms with E-state index in [9.17, 15) is 44.1 Å². The molecule has 0 radical (unpaired) electrons. The summed E-state index contributed by atoms with van der Waals surface area (Å²) in [4.78, 5) is 81.0. The standard InChI is InChI=1S/C40H44O14/c1-15-6-7-51-36(48)24(41)12-27(42)52-13-19-21-11-25-37(3,22-10-23(22)39(25,49)14-53-33(15)45)26-9-18-17-8-20(17)38(4)29(18)30(40(21,26)54-35(19)47)28(31(43)32(38)44)16(2)34(46)50-5/h6,17,20,22-26,30,32,41,44,49H,7-14H2,1-5H3/t17-,20-,22-,23+,24-,25-,26+,30+,32+,37+,38+,39+,40+/m1/s1. The van der Waals surface area contributed by atoms with E-state index in [0.29, 0.717) is 18.4 Å². The van der Waals surface area contributed by atoms with Gasteiger partial charge < -0.3 is 39.0 Å². The van der Waals surface area contributed by atoms with Crippen molar-refractivity contribution >= 4 is 35.6 Å². The molecular formula is C40H44O14.